The molecule has 3 nitrogen and oxygen atoms in total. The van der Waals surface area contributed by atoms with Crippen molar-refractivity contribution in [2.75, 3.05) is 32.8 Å². The highest BCUT2D eigenvalue weighted by atomic mass is 16.3. The smallest absolute Gasteiger partial charge is 0.0499 e. The Bertz CT molecular complexity index is 228. The molecule has 2 aliphatic rings. The molecular weight excluding hydrogens is 212 g/mol. The topological polar surface area (TPSA) is 35.5 Å². The van der Waals surface area contributed by atoms with E-state index in [4.69, 9.17) is 0 Å². The lowest BCUT2D eigenvalue weighted by molar-refractivity contribution is 0.202. The number of likely N-dealkylation sites (tertiary alicyclic amines) is 1. The summed E-state index contributed by atoms with van der Waals surface area (Å²) in [5.41, 5.74) is 0.259. The van der Waals surface area contributed by atoms with Gasteiger partial charge in [0.2, 0.25) is 0 Å². The van der Waals surface area contributed by atoms with Crippen LogP contribution in [0.15, 0.2) is 0 Å². The highest BCUT2D eigenvalue weighted by Gasteiger charge is 2.41. The van der Waals surface area contributed by atoms with E-state index in [1.54, 1.807) is 0 Å². The van der Waals surface area contributed by atoms with E-state index >= 15 is 0 Å². The Hall–Kier alpha value is -0.120. The molecule has 1 saturated carbocycles. The van der Waals surface area contributed by atoms with Crippen molar-refractivity contribution >= 4 is 0 Å². The second-order valence-electron chi connectivity index (χ2n) is 6.01. The molecule has 0 amide bonds. The molecule has 0 bridgehead atoms. The summed E-state index contributed by atoms with van der Waals surface area (Å²) in [4.78, 5) is 2.60. The van der Waals surface area contributed by atoms with Crippen LogP contribution < -0.4 is 5.32 Å². The van der Waals surface area contributed by atoms with Gasteiger partial charge in [-0.05, 0) is 58.2 Å². The van der Waals surface area contributed by atoms with Crippen LogP contribution >= 0.6 is 0 Å². The zero-order valence-corrected chi connectivity index (χ0v) is 11.2. The Labute approximate surface area is 106 Å². The van der Waals surface area contributed by atoms with Gasteiger partial charge in [-0.2, -0.15) is 0 Å². The minimum atomic E-state index is 0.259. The summed E-state index contributed by atoms with van der Waals surface area (Å²) in [5.74, 6) is 0. The first-order valence-electron chi connectivity index (χ1n) is 7.34. The van der Waals surface area contributed by atoms with Gasteiger partial charge in [-0.1, -0.05) is 6.92 Å². The number of rotatable bonds is 6. The largest absolute Gasteiger partial charge is 0.396 e. The molecule has 0 aromatic rings. The summed E-state index contributed by atoms with van der Waals surface area (Å²) in [5, 5.41) is 13.0. The Morgan fingerprint density at radius 2 is 2.12 bits per heavy atom. The first-order chi connectivity index (χ1) is 8.28. The number of nitrogens with zero attached hydrogens (tertiary/aromatic N) is 1. The van der Waals surface area contributed by atoms with Gasteiger partial charge in [0.1, 0.15) is 0 Å². The van der Waals surface area contributed by atoms with E-state index in [-0.39, 0.29) is 5.41 Å². The first kappa shape index (κ1) is 13.3. The fourth-order valence-electron chi connectivity index (χ4n) is 2.83. The van der Waals surface area contributed by atoms with Crippen molar-refractivity contribution in [1.82, 2.24) is 10.2 Å². The third-order valence-corrected chi connectivity index (χ3v) is 4.42. The van der Waals surface area contributed by atoms with Gasteiger partial charge in [0, 0.05) is 24.6 Å². The molecule has 0 radical (unpaired) electrons. The molecule has 1 aliphatic carbocycles. The predicted molar refractivity (Wildman–Crippen MR) is 71.1 cm³/mol. The standard InChI is InChI=1S/C14H28N2O/c1-2-8-16-9-3-4-13(5-10-16)15-11-14(12-17)6-7-14/h13,15,17H,2-12H2,1H3. The molecule has 0 aromatic carbocycles. The monoisotopic (exact) mass is 240 g/mol. The lowest BCUT2D eigenvalue weighted by atomic mass is 10.1. The average Bonchev–Trinajstić information content (AvgIpc) is 3.12. The quantitative estimate of drug-likeness (QED) is 0.740. The van der Waals surface area contributed by atoms with Gasteiger partial charge in [-0.3, -0.25) is 0 Å². The van der Waals surface area contributed by atoms with Gasteiger partial charge in [0.05, 0.1) is 0 Å². The second kappa shape index (κ2) is 6.17. The van der Waals surface area contributed by atoms with E-state index in [0.717, 1.165) is 6.54 Å². The van der Waals surface area contributed by atoms with Crippen LogP contribution in [-0.2, 0) is 0 Å². The van der Waals surface area contributed by atoms with Crippen molar-refractivity contribution < 1.29 is 5.11 Å². The molecule has 0 aromatic heterocycles. The SMILES string of the molecule is CCCN1CCCC(NCC2(CO)CC2)CC1. The molecule has 1 heterocycles. The van der Waals surface area contributed by atoms with Crippen LogP contribution in [0.5, 0.6) is 0 Å². The lowest BCUT2D eigenvalue weighted by Gasteiger charge is -2.21. The minimum Gasteiger partial charge on any atom is -0.396 e. The molecule has 2 fully saturated rings. The number of hydrogen-bond acceptors (Lipinski definition) is 3. The molecule has 2 N–H and O–H groups in total. The molecule has 3 heteroatoms. The highest BCUT2D eigenvalue weighted by Crippen LogP contribution is 2.44. The third kappa shape index (κ3) is 3.94. The summed E-state index contributed by atoms with van der Waals surface area (Å²) in [6.07, 6.45) is 7.61. The predicted octanol–water partition coefficient (Wildman–Crippen LogP) is 1.61. The Morgan fingerprint density at radius 3 is 2.76 bits per heavy atom. The van der Waals surface area contributed by atoms with E-state index in [0.29, 0.717) is 12.6 Å². The van der Waals surface area contributed by atoms with Crippen molar-refractivity contribution in [3.63, 3.8) is 0 Å². The lowest BCUT2D eigenvalue weighted by Crippen LogP contribution is -2.36. The maximum absolute atomic E-state index is 9.31. The Kier molecular flexibility index (Phi) is 4.83. The Balaban J connectivity index is 1.68. The van der Waals surface area contributed by atoms with Crippen LogP contribution in [0.25, 0.3) is 0 Å². The van der Waals surface area contributed by atoms with E-state index in [9.17, 15) is 5.11 Å². The third-order valence-electron chi connectivity index (χ3n) is 4.42. The fraction of sp³-hybridized carbons (Fsp3) is 1.00. The average molecular weight is 240 g/mol. The van der Waals surface area contributed by atoms with E-state index < -0.39 is 0 Å². The zero-order valence-electron chi connectivity index (χ0n) is 11.2. The van der Waals surface area contributed by atoms with Gasteiger partial charge in [-0.15, -0.1) is 0 Å². The summed E-state index contributed by atoms with van der Waals surface area (Å²) >= 11 is 0. The van der Waals surface area contributed by atoms with E-state index in [1.807, 2.05) is 0 Å². The van der Waals surface area contributed by atoms with Gasteiger partial charge >= 0.3 is 0 Å². The van der Waals surface area contributed by atoms with E-state index in [1.165, 1.54) is 58.2 Å². The number of aliphatic hydroxyl groups excluding tert-OH is 1. The molecule has 1 aliphatic heterocycles. The molecule has 17 heavy (non-hydrogen) atoms. The van der Waals surface area contributed by atoms with Crippen molar-refractivity contribution in [1.29, 1.82) is 0 Å². The van der Waals surface area contributed by atoms with Gasteiger partial charge in [0.15, 0.2) is 0 Å². The van der Waals surface area contributed by atoms with Crippen LogP contribution in [0, 0.1) is 5.41 Å². The molecule has 0 spiro atoms. The second-order valence-corrected chi connectivity index (χ2v) is 6.01. The van der Waals surface area contributed by atoms with E-state index in [2.05, 4.69) is 17.1 Å². The summed E-state index contributed by atoms with van der Waals surface area (Å²) in [6.45, 7) is 7.44. The number of aliphatic hydroxyl groups is 1. The maximum Gasteiger partial charge on any atom is 0.0499 e. The minimum absolute atomic E-state index is 0.259. The summed E-state index contributed by atoms with van der Waals surface area (Å²) < 4.78 is 0. The molecular formula is C14H28N2O. The maximum atomic E-state index is 9.31. The van der Waals surface area contributed by atoms with Crippen LogP contribution in [0.1, 0.15) is 45.4 Å². The van der Waals surface area contributed by atoms with Crippen LogP contribution in [0.4, 0.5) is 0 Å². The van der Waals surface area contributed by atoms with Crippen LogP contribution in [0.2, 0.25) is 0 Å². The van der Waals surface area contributed by atoms with Gasteiger partial charge in [0.25, 0.3) is 0 Å². The van der Waals surface area contributed by atoms with Crippen LogP contribution in [-0.4, -0.2) is 48.8 Å². The van der Waals surface area contributed by atoms with Crippen molar-refractivity contribution in [2.45, 2.75) is 51.5 Å². The number of nitrogens with one attached hydrogen (secondary N) is 1. The molecule has 1 saturated heterocycles. The Morgan fingerprint density at radius 1 is 1.29 bits per heavy atom. The summed E-state index contributed by atoms with van der Waals surface area (Å²) in [6, 6.07) is 0.681. The van der Waals surface area contributed by atoms with Crippen molar-refractivity contribution in [2.24, 2.45) is 5.41 Å². The normalized spacial score (nSPS) is 28.9. The zero-order chi connectivity index (χ0) is 12.1. The molecule has 1 unspecified atom stereocenters. The molecule has 1 atom stereocenters. The molecule has 100 valence electrons. The molecule has 2 rings (SSSR count). The van der Waals surface area contributed by atoms with Crippen molar-refractivity contribution in [3.05, 3.63) is 0 Å². The van der Waals surface area contributed by atoms with Crippen molar-refractivity contribution in [3.8, 4) is 0 Å². The van der Waals surface area contributed by atoms with Gasteiger partial charge < -0.3 is 15.3 Å². The van der Waals surface area contributed by atoms with Crippen LogP contribution in [0.3, 0.4) is 0 Å². The number of hydrogen-bond donors (Lipinski definition) is 2. The first-order valence-corrected chi connectivity index (χ1v) is 7.34. The van der Waals surface area contributed by atoms with Gasteiger partial charge in [-0.25, -0.2) is 0 Å². The summed E-state index contributed by atoms with van der Waals surface area (Å²) in [7, 11) is 0. The fourth-order valence-corrected chi connectivity index (χ4v) is 2.83. The highest BCUT2D eigenvalue weighted by molar-refractivity contribution is 4.95.